The summed E-state index contributed by atoms with van der Waals surface area (Å²) in [5, 5.41) is 16.6. The summed E-state index contributed by atoms with van der Waals surface area (Å²) < 4.78 is 102. The molecule has 0 fully saturated rings. The highest BCUT2D eigenvalue weighted by Crippen LogP contribution is 2.48. The Morgan fingerprint density at radius 2 is 0.740 bits per heavy atom. The monoisotopic (exact) mass is 1420 g/mol. The predicted octanol–water partition coefficient (Wildman–Crippen LogP) is 20.5. The fourth-order valence-electron chi connectivity index (χ4n) is 12.2. The number of nitrogens with zero attached hydrogens (tertiary/aromatic N) is 1. The van der Waals surface area contributed by atoms with E-state index in [-0.39, 0.29) is 35.0 Å². The van der Waals surface area contributed by atoms with Crippen LogP contribution in [0.4, 0.5) is 59.6 Å². The third-order valence-corrected chi connectivity index (χ3v) is 17.9. The fraction of sp³-hybridized carbons (Fsp3) is 0.282. The SMILES string of the molecule is CC(C)(C)OC(=O)N(Cc1ccc(OCCCOc2ccc(C(c3ccc(C(C)(C)C)cc3)(c3ccc(C(C)(C)C)cc3)c3ccc(C(C)(C)C)cc3)cc2)cc1)Cc1ccc(-c2ccc(NC(=O)c3cc(Nc4c(Nc5cc(C(=O)O)cc(C(F)(F)F)c5)c(=O)c4=O)cc(C(F)(F)F)c3)cc2)cc1. The molecule has 10 aromatic rings. The first-order valence-corrected chi connectivity index (χ1v) is 34.0. The molecule has 0 saturated heterocycles. The normalized spacial score (nSPS) is 12.4. The molecule has 0 bridgehead atoms. The van der Waals surface area contributed by atoms with Crippen molar-refractivity contribution < 1.29 is 60.0 Å². The molecule has 0 aromatic heterocycles. The third-order valence-electron chi connectivity index (χ3n) is 17.9. The Hall–Kier alpha value is -11.0. The van der Waals surface area contributed by atoms with E-state index >= 15 is 0 Å². The summed E-state index contributed by atoms with van der Waals surface area (Å²) in [7, 11) is 0. The van der Waals surface area contributed by atoms with Crippen LogP contribution in [0.5, 0.6) is 11.5 Å². The van der Waals surface area contributed by atoms with Gasteiger partial charge in [0.05, 0.1) is 35.3 Å². The summed E-state index contributed by atoms with van der Waals surface area (Å²) in [6, 6.07) is 61.0. The number of alkyl halides is 6. The van der Waals surface area contributed by atoms with Crippen LogP contribution in [0.1, 0.15) is 171 Å². The quantitative estimate of drug-likeness (QED) is 0.0220. The number of carboxylic acids is 1. The van der Waals surface area contributed by atoms with Gasteiger partial charge in [-0.1, -0.05) is 196 Å². The lowest BCUT2D eigenvalue weighted by Gasteiger charge is -2.38. The number of hydrogen-bond acceptors (Lipinski definition) is 10. The highest BCUT2D eigenvalue weighted by molar-refractivity contribution is 6.05. The summed E-state index contributed by atoms with van der Waals surface area (Å²) in [4.78, 5) is 65.9. The number of anilines is 5. The van der Waals surface area contributed by atoms with E-state index in [1.807, 2.05) is 48.5 Å². The molecule has 10 aromatic carbocycles. The first-order chi connectivity index (χ1) is 48.7. The summed E-state index contributed by atoms with van der Waals surface area (Å²) >= 11 is 0. The molecule has 0 saturated carbocycles. The smallest absolute Gasteiger partial charge is 0.416 e. The lowest BCUT2D eigenvalue weighted by Crippen LogP contribution is -2.36. The maximum atomic E-state index is 14.3. The molecule has 0 spiro atoms. The Morgan fingerprint density at radius 3 is 1.11 bits per heavy atom. The Bertz CT molecular complexity index is 4650. The minimum atomic E-state index is -5.01. The van der Waals surface area contributed by atoms with Crippen LogP contribution in [0.25, 0.3) is 11.1 Å². The molecule has 0 atom stereocenters. The van der Waals surface area contributed by atoms with Crippen molar-refractivity contribution in [3.05, 3.63) is 299 Å². The number of carbonyl (C=O) groups excluding carboxylic acids is 2. The molecular weight excluding hydrogens is 1330 g/mol. The van der Waals surface area contributed by atoms with Crippen LogP contribution in [0.2, 0.25) is 0 Å². The van der Waals surface area contributed by atoms with E-state index in [0.717, 1.165) is 40.1 Å². The van der Waals surface area contributed by atoms with E-state index in [0.29, 0.717) is 55.2 Å². The third kappa shape index (κ3) is 18.1. The van der Waals surface area contributed by atoms with Crippen LogP contribution >= 0.6 is 0 Å². The largest absolute Gasteiger partial charge is 0.493 e. The van der Waals surface area contributed by atoms with E-state index < -0.39 is 97.2 Å². The zero-order valence-electron chi connectivity index (χ0n) is 60.1. The molecule has 13 nitrogen and oxygen atoms in total. The van der Waals surface area contributed by atoms with Crippen LogP contribution < -0.4 is 36.3 Å². The summed E-state index contributed by atoms with van der Waals surface area (Å²) in [6.07, 6.45) is -9.93. The molecule has 0 heterocycles. The summed E-state index contributed by atoms with van der Waals surface area (Å²) in [6.45, 7) is 26.7. The Labute approximate surface area is 601 Å². The van der Waals surface area contributed by atoms with Gasteiger partial charge in [-0.2, -0.15) is 26.3 Å². The number of aromatic carboxylic acids is 1. The van der Waals surface area contributed by atoms with Crippen molar-refractivity contribution >= 4 is 46.4 Å². The Kier molecular flexibility index (Phi) is 21.7. The molecule has 10 rings (SSSR count). The Morgan fingerprint density at radius 1 is 0.404 bits per heavy atom. The standard InChI is InChI=1S/C85H84F6N4O9/c1-79(2,3)58-22-28-61(29-23-58)83(62-30-24-59(25-31-62)80(4,5)6,63-32-26-60(27-33-63)81(7,8)9)64-34-40-71(41-35-64)103-43-13-42-102-70-38-16-53(17-39-70)51-95(78(101)104-82(10,11)12)50-52-14-18-54(19-15-52)55-20-36-67(37-21-55)94-76(98)56-44-65(84(86,87)88)48-68(46-56)92-72-73(75(97)74(72)96)93-69-47-57(77(99)100)45-66(49-69)85(89,90)91/h14-41,44-49,92-93H,13,42-43,50-51H2,1-12H3,(H,94,98)(H,99,100). The molecule has 4 N–H and O–H groups in total. The molecule has 19 heteroatoms. The second kappa shape index (κ2) is 29.8. The highest BCUT2D eigenvalue weighted by atomic mass is 19.4. The van der Waals surface area contributed by atoms with Crippen molar-refractivity contribution in [3.8, 4) is 22.6 Å². The van der Waals surface area contributed by atoms with Crippen molar-refractivity contribution in [2.45, 2.75) is 142 Å². The molecule has 0 radical (unpaired) electrons. The highest BCUT2D eigenvalue weighted by Gasteiger charge is 2.40. The average Bonchev–Trinajstić information content (AvgIpc) is 0.711. The van der Waals surface area contributed by atoms with Gasteiger partial charge >= 0.3 is 24.4 Å². The van der Waals surface area contributed by atoms with Crippen LogP contribution in [-0.4, -0.2) is 46.8 Å². The van der Waals surface area contributed by atoms with Gasteiger partial charge in [-0.25, -0.2) is 9.59 Å². The number of rotatable bonds is 22. The second-order valence-corrected chi connectivity index (χ2v) is 30.1. The van der Waals surface area contributed by atoms with Crippen LogP contribution in [0, 0.1) is 0 Å². The molecule has 0 aliphatic rings. The number of ether oxygens (including phenoxy) is 3. The zero-order valence-corrected chi connectivity index (χ0v) is 60.1. The van der Waals surface area contributed by atoms with Crippen molar-refractivity contribution in [2.24, 2.45) is 0 Å². The van der Waals surface area contributed by atoms with Gasteiger partial charge in [0.2, 0.25) is 0 Å². The van der Waals surface area contributed by atoms with Crippen LogP contribution in [0.3, 0.4) is 0 Å². The second-order valence-electron chi connectivity index (χ2n) is 30.1. The Balaban J connectivity index is 0.762. The van der Waals surface area contributed by atoms with E-state index in [2.05, 4.69) is 175 Å². The molecule has 104 heavy (non-hydrogen) atoms. The first-order valence-electron chi connectivity index (χ1n) is 34.0. The molecule has 0 aliphatic heterocycles. The number of carbonyl (C=O) groups is 3. The zero-order chi connectivity index (χ0) is 75.5. The number of nitrogens with one attached hydrogen (secondary N) is 3. The van der Waals surface area contributed by atoms with Crippen LogP contribution in [0.15, 0.2) is 216 Å². The maximum Gasteiger partial charge on any atom is 0.416 e. The van der Waals surface area contributed by atoms with Crippen molar-refractivity contribution in [3.63, 3.8) is 0 Å². The summed E-state index contributed by atoms with van der Waals surface area (Å²) in [5.74, 6) is -1.32. The van der Waals surface area contributed by atoms with Crippen LogP contribution in [-0.2, 0) is 51.8 Å². The van der Waals surface area contributed by atoms with Gasteiger partial charge in [-0.05, 0) is 171 Å². The van der Waals surface area contributed by atoms with Crippen molar-refractivity contribution in [1.29, 1.82) is 0 Å². The van der Waals surface area contributed by atoms with Gasteiger partial charge in [0.15, 0.2) is 0 Å². The van der Waals surface area contributed by atoms with E-state index in [1.54, 1.807) is 37.8 Å². The average molecular weight is 1420 g/mol. The number of hydrogen-bond donors (Lipinski definition) is 4. The lowest BCUT2D eigenvalue weighted by molar-refractivity contribution is -0.138. The van der Waals surface area contributed by atoms with Gasteiger partial charge < -0.3 is 35.3 Å². The number of halogens is 6. The predicted molar refractivity (Wildman–Crippen MR) is 396 cm³/mol. The van der Waals surface area contributed by atoms with Gasteiger partial charge in [-0.3, -0.25) is 19.3 Å². The van der Waals surface area contributed by atoms with Crippen molar-refractivity contribution in [2.75, 3.05) is 29.2 Å². The molecular formula is C85H84F6N4O9. The van der Waals surface area contributed by atoms with E-state index in [9.17, 15) is 55.4 Å². The first kappa shape index (κ1) is 75.7. The number of benzene rings is 9. The van der Waals surface area contributed by atoms with E-state index in [4.69, 9.17) is 14.2 Å². The molecule has 2 amide bonds. The number of carboxylic acid groups (broad SMARTS) is 1. The van der Waals surface area contributed by atoms with E-state index in [1.165, 1.54) is 45.5 Å². The van der Waals surface area contributed by atoms with Gasteiger partial charge in [0, 0.05) is 42.1 Å². The van der Waals surface area contributed by atoms with Gasteiger partial charge in [0.1, 0.15) is 28.5 Å². The van der Waals surface area contributed by atoms with Gasteiger partial charge in [-0.15, -0.1) is 0 Å². The fourth-order valence-corrected chi connectivity index (χ4v) is 12.2. The van der Waals surface area contributed by atoms with Crippen molar-refractivity contribution in [1.82, 2.24) is 4.90 Å². The minimum absolute atomic E-state index is 0.0213. The lowest BCUT2D eigenvalue weighted by atomic mass is 9.64. The molecule has 0 aliphatic carbocycles. The molecule has 0 unspecified atom stereocenters. The maximum absolute atomic E-state index is 14.3. The molecule has 540 valence electrons. The number of amides is 2. The minimum Gasteiger partial charge on any atom is -0.493 e. The van der Waals surface area contributed by atoms with Gasteiger partial charge in [0.25, 0.3) is 16.8 Å². The topological polar surface area (TPSA) is 173 Å². The summed E-state index contributed by atoms with van der Waals surface area (Å²) in [5.41, 5.74) is 1.32.